The van der Waals surface area contributed by atoms with Crippen molar-refractivity contribution in [3.63, 3.8) is 0 Å². The van der Waals surface area contributed by atoms with Crippen molar-refractivity contribution < 1.29 is 4.79 Å². The van der Waals surface area contributed by atoms with Crippen molar-refractivity contribution in [1.29, 1.82) is 0 Å². The number of amides is 1. The minimum absolute atomic E-state index is 0.0158. The Hall–Kier alpha value is -0.870. The molecule has 0 radical (unpaired) electrons. The quantitative estimate of drug-likeness (QED) is 0.902. The van der Waals surface area contributed by atoms with Gasteiger partial charge in [-0.3, -0.25) is 4.79 Å². The highest BCUT2D eigenvalue weighted by Gasteiger charge is 2.34. The highest BCUT2D eigenvalue weighted by molar-refractivity contribution is 9.10. The van der Waals surface area contributed by atoms with Crippen LogP contribution in [0.5, 0.6) is 0 Å². The summed E-state index contributed by atoms with van der Waals surface area (Å²) in [6.45, 7) is 0.527. The van der Waals surface area contributed by atoms with Gasteiger partial charge in [0.1, 0.15) is 0 Å². The molecule has 0 atom stereocenters. The van der Waals surface area contributed by atoms with Gasteiger partial charge in [0.2, 0.25) is 5.91 Å². The molecule has 18 heavy (non-hydrogen) atoms. The van der Waals surface area contributed by atoms with Gasteiger partial charge in [0.25, 0.3) is 0 Å². The fourth-order valence-corrected chi connectivity index (χ4v) is 2.83. The number of benzene rings is 1. The minimum Gasteiger partial charge on any atom is -0.350 e. The molecule has 2 rings (SSSR count). The second kappa shape index (κ2) is 5.85. The van der Waals surface area contributed by atoms with Crippen LogP contribution in [0, 0.1) is 0 Å². The predicted molar refractivity (Wildman–Crippen MR) is 76.0 cm³/mol. The Labute approximate surface area is 116 Å². The van der Waals surface area contributed by atoms with Crippen LogP contribution in [0.1, 0.15) is 37.7 Å². The van der Waals surface area contributed by atoms with Gasteiger partial charge in [0.05, 0.1) is 5.54 Å². The zero-order chi connectivity index (χ0) is 13.0. The van der Waals surface area contributed by atoms with Crippen LogP contribution in [-0.4, -0.2) is 11.4 Å². The molecule has 1 saturated carbocycles. The lowest BCUT2D eigenvalue weighted by molar-refractivity contribution is -0.127. The topological polar surface area (TPSA) is 55.1 Å². The van der Waals surface area contributed by atoms with Crippen molar-refractivity contribution >= 4 is 21.8 Å². The predicted octanol–water partition coefficient (Wildman–Crippen LogP) is 2.73. The molecule has 3 N–H and O–H groups in total. The van der Waals surface area contributed by atoms with Crippen LogP contribution in [0.4, 0.5) is 0 Å². The molecule has 1 aromatic carbocycles. The van der Waals surface area contributed by atoms with Crippen molar-refractivity contribution in [2.24, 2.45) is 5.73 Å². The third kappa shape index (κ3) is 3.12. The third-order valence-corrected chi connectivity index (χ3v) is 4.37. The third-order valence-electron chi connectivity index (χ3n) is 3.60. The lowest BCUT2D eigenvalue weighted by Crippen LogP contribution is -2.54. The molecule has 0 aromatic heterocycles. The van der Waals surface area contributed by atoms with Gasteiger partial charge in [-0.05, 0) is 24.5 Å². The Kier molecular flexibility index (Phi) is 4.40. The second-order valence-corrected chi connectivity index (χ2v) is 5.85. The standard InChI is InChI=1S/C14H19BrN2O/c15-12-7-3-2-6-11(12)10-17-13(18)14(16)8-4-1-5-9-14/h2-3,6-7H,1,4-5,8-10,16H2,(H,17,18). The first kappa shape index (κ1) is 13.6. The van der Waals surface area contributed by atoms with E-state index in [2.05, 4.69) is 21.2 Å². The van der Waals surface area contributed by atoms with Gasteiger partial charge >= 0.3 is 0 Å². The number of carbonyl (C=O) groups excluding carboxylic acids is 1. The SMILES string of the molecule is NC1(C(=O)NCc2ccccc2Br)CCCCC1. The van der Waals surface area contributed by atoms with Crippen LogP contribution in [0.15, 0.2) is 28.7 Å². The Morgan fingerprint density at radius 3 is 2.61 bits per heavy atom. The van der Waals surface area contributed by atoms with Crippen LogP contribution in [0.2, 0.25) is 0 Å². The van der Waals surface area contributed by atoms with E-state index in [1.54, 1.807) is 0 Å². The summed E-state index contributed by atoms with van der Waals surface area (Å²) in [6.07, 6.45) is 4.90. The van der Waals surface area contributed by atoms with E-state index in [-0.39, 0.29) is 5.91 Å². The number of carbonyl (C=O) groups is 1. The smallest absolute Gasteiger partial charge is 0.240 e. The maximum Gasteiger partial charge on any atom is 0.240 e. The Bertz CT molecular complexity index is 428. The molecule has 1 aliphatic carbocycles. The van der Waals surface area contributed by atoms with Crippen molar-refractivity contribution in [3.05, 3.63) is 34.3 Å². The van der Waals surface area contributed by atoms with Crippen LogP contribution in [-0.2, 0) is 11.3 Å². The van der Waals surface area contributed by atoms with E-state index in [0.717, 1.165) is 35.7 Å². The molecule has 1 amide bonds. The van der Waals surface area contributed by atoms with Gasteiger partial charge in [-0.2, -0.15) is 0 Å². The molecule has 0 saturated heterocycles. The van der Waals surface area contributed by atoms with E-state index in [4.69, 9.17) is 5.73 Å². The summed E-state index contributed by atoms with van der Waals surface area (Å²) in [5, 5.41) is 2.96. The summed E-state index contributed by atoms with van der Waals surface area (Å²) in [5.41, 5.74) is 6.60. The van der Waals surface area contributed by atoms with Gasteiger partial charge < -0.3 is 11.1 Å². The summed E-state index contributed by atoms with van der Waals surface area (Å²) >= 11 is 3.47. The number of halogens is 1. The molecule has 1 aliphatic rings. The van der Waals surface area contributed by atoms with Crippen LogP contribution < -0.4 is 11.1 Å². The average molecular weight is 311 g/mol. The van der Waals surface area contributed by atoms with E-state index >= 15 is 0 Å². The molecule has 1 aromatic rings. The highest BCUT2D eigenvalue weighted by Crippen LogP contribution is 2.26. The summed E-state index contributed by atoms with van der Waals surface area (Å²) in [5.74, 6) is -0.0158. The van der Waals surface area contributed by atoms with Gasteiger partial charge in [-0.25, -0.2) is 0 Å². The molecule has 3 nitrogen and oxygen atoms in total. The monoisotopic (exact) mass is 310 g/mol. The maximum atomic E-state index is 12.2. The highest BCUT2D eigenvalue weighted by atomic mass is 79.9. The second-order valence-electron chi connectivity index (χ2n) is 4.99. The van der Waals surface area contributed by atoms with Gasteiger partial charge in [-0.15, -0.1) is 0 Å². The number of hydrogen-bond acceptors (Lipinski definition) is 2. The zero-order valence-electron chi connectivity index (χ0n) is 10.4. The van der Waals surface area contributed by atoms with Crippen LogP contribution >= 0.6 is 15.9 Å². The summed E-state index contributed by atoms with van der Waals surface area (Å²) < 4.78 is 1.01. The van der Waals surface area contributed by atoms with Crippen molar-refractivity contribution in [3.8, 4) is 0 Å². The number of hydrogen-bond donors (Lipinski definition) is 2. The molecule has 0 spiro atoms. The van der Waals surface area contributed by atoms with Crippen molar-refractivity contribution in [2.75, 3.05) is 0 Å². The fourth-order valence-electron chi connectivity index (χ4n) is 2.40. The van der Waals surface area contributed by atoms with E-state index in [0.29, 0.717) is 6.54 Å². The van der Waals surface area contributed by atoms with E-state index < -0.39 is 5.54 Å². The lowest BCUT2D eigenvalue weighted by Gasteiger charge is -2.31. The molecular weight excluding hydrogens is 292 g/mol. The number of nitrogens with one attached hydrogen (secondary N) is 1. The summed E-state index contributed by atoms with van der Waals surface area (Å²) in [4.78, 5) is 12.2. The molecule has 1 fully saturated rings. The molecule has 0 unspecified atom stereocenters. The van der Waals surface area contributed by atoms with Gasteiger partial charge in [-0.1, -0.05) is 53.4 Å². The fraction of sp³-hybridized carbons (Fsp3) is 0.500. The first-order valence-corrected chi connectivity index (χ1v) is 7.22. The van der Waals surface area contributed by atoms with Crippen LogP contribution in [0.3, 0.4) is 0 Å². The first-order valence-electron chi connectivity index (χ1n) is 6.42. The van der Waals surface area contributed by atoms with Crippen molar-refractivity contribution in [1.82, 2.24) is 5.32 Å². The molecule has 98 valence electrons. The molecule has 0 heterocycles. The van der Waals surface area contributed by atoms with Crippen molar-refractivity contribution in [2.45, 2.75) is 44.2 Å². The van der Waals surface area contributed by atoms with Crippen LogP contribution in [0.25, 0.3) is 0 Å². The Morgan fingerprint density at radius 1 is 1.28 bits per heavy atom. The van der Waals surface area contributed by atoms with E-state index in [1.807, 2.05) is 24.3 Å². The number of rotatable bonds is 3. The van der Waals surface area contributed by atoms with Gasteiger partial charge in [0, 0.05) is 11.0 Å². The minimum atomic E-state index is -0.653. The normalized spacial score (nSPS) is 18.3. The average Bonchev–Trinajstić information content (AvgIpc) is 2.38. The maximum absolute atomic E-state index is 12.2. The molecule has 4 heteroatoms. The first-order chi connectivity index (χ1) is 8.62. The molecule has 0 aliphatic heterocycles. The zero-order valence-corrected chi connectivity index (χ0v) is 12.0. The molecule has 0 bridgehead atoms. The lowest BCUT2D eigenvalue weighted by atomic mass is 9.82. The van der Waals surface area contributed by atoms with Gasteiger partial charge in [0.15, 0.2) is 0 Å². The van der Waals surface area contributed by atoms with E-state index in [9.17, 15) is 4.79 Å². The Balaban J connectivity index is 1.94. The summed E-state index contributed by atoms with van der Waals surface area (Å²) in [7, 11) is 0. The van der Waals surface area contributed by atoms with E-state index in [1.165, 1.54) is 6.42 Å². The Morgan fingerprint density at radius 2 is 1.94 bits per heavy atom. The molecular formula is C14H19BrN2O. The largest absolute Gasteiger partial charge is 0.350 e. The number of nitrogens with two attached hydrogens (primary N) is 1. The summed E-state index contributed by atoms with van der Waals surface area (Å²) in [6, 6.07) is 7.89.